The molecule has 2 heterocycles. The largest absolute Gasteiger partial charge is 0.379 e. The predicted molar refractivity (Wildman–Crippen MR) is 184 cm³/mol. The molecule has 2 unspecified atom stereocenters. The highest BCUT2D eigenvalue weighted by Gasteiger charge is 2.22. The minimum Gasteiger partial charge on any atom is -0.379 e. The monoisotopic (exact) mass is 554 g/mol. The minimum atomic E-state index is -0.335. The molecule has 0 aliphatic carbocycles. The van der Waals surface area contributed by atoms with Crippen molar-refractivity contribution in [2.24, 2.45) is 0 Å². The third kappa shape index (κ3) is 8.78. The average molecular weight is 555 g/mol. The number of hydrogen-bond donors (Lipinski definition) is 1. The third-order valence-corrected chi connectivity index (χ3v) is 7.54. The molecule has 0 saturated carbocycles. The zero-order valence-corrected chi connectivity index (χ0v) is 26.0. The molecule has 0 fully saturated rings. The van der Waals surface area contributed by atoms with Gasteiger partial charge in [0.1, 0.15) is 0 Å². The second-order valence-corrected chi connectivity index (χ2v) is 10.9. The molecule has 42 heavy (non-hydrogen) atoms. The number of allylic oxidation sites excluding steroid dienone is 15. The van der Waals surface area contributed by atoms with Crippen molar-refractivity contribution in [1.82, 2.24) is 10.3 Å². The van der Waals surface area contributed by atoms with Crippen molar-refractivity contribution in [2.45, 2.75) is 58.4 Å². The van der Waals surface area contributed by atoms with Crippen LogP contribution in [-0.4, -0.2) is 10.5 Å². The number of dihydropyridines is 1. The summed E-state index contributed by atoms with van der Waals surface area (Å²) >= 11 is 0. The number of rotatable bonds is 13. The first-order chi connectivity index (χ1) is 20.3. The summed E-state index contributed by atoms with van der Waals surface area (Å²) in [7, 11) is 0. The zero-order chi connectivity index (χ0) is 30.4. The van der Waals surface area contributed by atoms with Gasteiger partial charge in [-0.1, -0.05) is 105 Å². The van der Waals surface area contributed by atoms with E-state index in [0.717, 1.165) is 29.5 Å². The van der Waals surface area contributed by atoms with Crippen molar-refractivity contribution in [3.63, 3.8) is 0 Å². The van der Waals surface area contributed by atoms with Gasteiger partial charge in [-0.05, 0) is 110 Å². The van der Waals surface area contributed by atoms with E-state index < -0.39 is 0 Å². The molecule has 1 aliphatic rings. The fourth-order valence-electron chi connectivity index (χ4n) is 5.02. The molecule has 1 aromatic heterocycles. The summed E-state index contributed by atoms with van der Waals surface area (Å²) in [6.45, 7) is 19.1. The first-order valence-corrected chi connectivity index (χ1v) is 14.8. The Morgan fingerprint density at radius 2 is 1.76 bits per heavy atom. The van der Waals surface area contributed by atoms with Crippen molar-refractivity contribution in [2.75, 3.05) is 0 Å². The van der Waals surface area contributed by atoms with Gasteiger partial charge < -0.3 is 5.32 Å². The highest BCUT2D eigenvalue weighted by molar-refractivity contribution is 5.66. The summed E-state index contributed by atoms with van der Waals surface area (Å²) in [5.41, 5.74) is 7.69. The molecule has 2 nitrogen and oxygen atoms in total. The molecule has 1 aliphatic heterocycles. The minimum absolute atomic E-state index is 0.303. The maximum absolute atomic E-state index is 4.25. The van der Waals surface area contributed by atoms with Gasteiger partial charge in [-0.15, -0.1) is 6.58 Å². The van der Waals surface area contributed by atoms with Crippen LogP contribution in [0.15, 0.2) is 164 Å². The molecule has 0 amide bonds. The van der Waals surface area contributed by atoms with Crippen LogP contribution in [0.3, 0.4) is 0 Å². The lowest BCUT2D eigenvalue weighted by molar-refractivity contribution is 0.607. The van der Waals surface area contributed by atoms with Gasteiger partial charge in [0.25, 0.3) is 0 Å². The Labute approximate surface area is 254 Å². The van der Waals surface area contributed by atoms with E-state index in [2.05, 4.69) is 135 Å². The maximum Gasteiger partial charge on any atom is 0.0715 e. The first kappa shape index (κ1) is 32.1. The molecule has 3 rings (SSSR count). The Hall–Kier alpha value is -4.43. The highest BCUT2D eigenvalue weighted by atomic mass is 14.9. The fourth-order valence-corrected chi connectivity index (χ4v) is 5.02. The quantitative estimate of drug-likeness (QED) is 0.197. The van der Waals surface area contributed by atoms with Crippen molar-refractivity contribution >= 4 is 0 Å². The lowest BCUT2D eigenvalue weighted by Crippen LogP contribution is -2.36. The molecule has 0 radical (unpaired) electrons. The van der Waals surface area contributed by atoms with Crippen LogP contribution in [0.5, 0.6) is 0 Å². The number of aromatic nitrogens is 1. The Kier molecular flexibility index (Phi) is 11.9. The van der Waals surface area contributed by atoms with Crippen LogP contribution in [0.1, 0.15) is 52.2 Å². The maximum atomic E-state index is 4.25. The van der Waals surface area contributed by atoms with E-state index in [1.54, 1.807) is 0 Å². The Morgan fingerprint density at radius 1 is 1.00 bits per heavy atom. The molecule has 0 bridgehead atoms. The third-order valence-electron chi connectivity index (χ3n) is 7.54. The van der Waals surface area contributed by atoms with E-state index in [4.69, 9.17) is 0 Å². The fraction of sp³-hybridized carbons (Fsp3) is 0.225. The van der Waals surface area contributed by atoms with E-state index in [-0.39, 0.29) is 11.0 Å². The second-order valence-electron chi connectivity index (χ2n) is 10.9. The summed E-state index contributed by atoms with van der Waals surface area (Å²) in [6, 6.07) is 11.0. The van der Waals surface area contributed by atoms with Gasteiger partial charge in [0.05, 0.1) is 5.54 Å². The predicted octanol–water partition coefficient (Wildman–Crippen LogP) is 10.3. The van der Waals surface area contributed by atoms with Crippen LogP contribution in [0.4, 0.5) is 0 Å². The van der Waals surface area contributed by atoms with Crippen LogP contribution in [0.2, 0.25) is 0 Å². The Morgan fingerprint density at radius 3 is 2.38 bits per heavy atom. The molecule has 0 saturated heterocycles. The lowest BCUT2D eigenvalue weighted by atomic mass is 9.79. The zero-order valence-electron chi connectivity index (χ0n) is 26.0. The van der Waals surface area contributed by atoms with Gasteiger partial charge in [0.2, 0.25) is 0 Å². The molecule has 2 aromatic rings. The number of benzene rings is 1. The van der Waals surface area contributed by atoms with Crippen LogP contribution >= 0.6 is 0 Å². The van der Waals surface area contributed by atoms with Gasteiger partial charge in [0, 0.05) is 17.8 Å². The van der Waals surface area contributed by atoms with E-state index in [1.807, 2.05) is 56.7 Å². The number of nitrogens with one attached hydrogen (secondary N) is 1. The van der Waals surface area contributed by atoms with Gasteiger partial charge in [0.15, 0.2) is 0 Å². The van der Waals surface area contributed by atoms with Crippen molar-refractivity contribution < 1.29 is 0 Å². The molecule has 0 spiro atoms. The summed E-state index contributed by atoms with van der Waals surface area (Å²) in [4.78, 5) is 4.25. The standard InChI is InChI=1S/C40H46N2/c1-8-13-15-21-39(6,12-5)38-29-32(27-37(30-38)36-19-24-41-25-20-36)26-33(31-40(7)22-16-17-23-42-40)28-35(11-4)34(10-3)18-14-9-2/h8-9,11-25,27-31,42H,4-5,10,26H2,1-3,6-7H3/b13-8-,14-9-,21-15-,33-31-,34-18+,35-28+. The van der Waals surface area contributed by atoms with Gasteiger partial charge >= 0.3 is 0 Å². The Balaban J connectivity index is 2.23. The van der Waals surface area contributed by atoms with E-state index >= 15 is 0 Å². The molecular formula is C40H46N2. The van der Waals surface area contributed by atoms with Crippen molar-refractivity contribution in [1.29, 1.82) is 0 Å². The van der Waals surface area contributed by atoms with E-state index in [1.165, 1.54) is 22.3 Å². The summed E-state index contributed by atoms with van der Waals surface area (Å²) in [5, 5.41) is 3.53. The topological polar surface area (TPSA) is 24.9 Å². The summed E-state index contributed by atoms with van der Waals surface area (Å²) in [5.74, 6) is 0. The number of pyridine rings is 1. The lowest BCUT2D eigenvalue weighted by Gasteiger charge is -2.27. The SMILES string of the molecule is C=CC(=C\C(=C/C1(C)C=CC=CN1)Cc1cc(-c2ccncc2)cc(C(C)(C=C)/C=C\C=C/C)c1)/C(=C/C=C\C)CC. The molecule has 2 heteroatoms. The van der Waals surface area contributed by atoms with Gasteiger partial charge in [-0.25, -0.2) is 0 Å². The van der Waals surface area contributed by atoms with Gasteiger partial charge in [-0.2, -0.15) is 0 Å². The molecule has 1 aromatic carbocycles. The van der Waals surface area contributed by atoms with Crippen molar-refractivity contribution in [3.8, 4) is 11.1 Å². The van der Waals surface area contributed by atoms with E-state index in [0.29, 0.717) is 0 Å². The highest BCUT2D eigenvalue weighted by Crippen LogP contribution is 2.33. The summed E-state index contributed by atoms with van der Waals surface area (Å²) in [6.07, 6.45) is 37.1. The van der Waals surface area contributed by atoms with Crippen LogP contribution in [-0.2, 0) is 11.8 Å². The molecule has 1 N–H and O–H groups in total. The Bertz CT molecular complexity index is 1470. The smallest absolute Gasteiger partial charge is 0.0715 e. The van der Waals surface area contributed by atoms with Crippen LogP contribution < -0.4 is 5.32 Å². The average Bonchev–Trinajstić information content (AvgIpc) is 3.01. The van der Waals surface area contributed by atoms with Crippen molar-refractivity contribution in [3.05, 3.63) is 175 Å². The van der Waals surface area contributed by atoms with Crippen LogP contribution in [0, 0.1) is 0 Å². The second kappa shape index (κ2) is 15.5. The number of nitrogens with zero attached hydrogens (tertiary/aromatic N) is 1. The first-order valence-electron chi connectivity index (χ1n) is 14.8. The number of hydrogen-bond acceptors (Lipinski definition) is 2. The van der Waals surface area contributed by atoms with Gasteiger partial charge in [-0.3, -0.25) is 4.98 Å². The van der Waals surface area contributed by atoms with Crippen LogP contribution in [0.25, 0.3) is 11.1 Å². The molecular weight excluding hydrogens is 508 g/mol. The molecule has 216 valence electrons. The van der Waals surface area contributed by atoms with E-state index in [9.17, 15) is 0 Å². The summed E-state index contributed by atoms with van der Waals surface area (Å²) < 4.78 is 0. The molecule has 2 atom stereocenters. The normalized spacial score (nSPS) is 19.4.